The molecule has 5 nitrogen and oxygen atoms in total. The summed E-state index contributed by atoms with van der Waals surface area (Å²) in [4.78, 5) is 23.8. The van der Waals surface area contributed by atoms with Crippen molar-refractivity contribution in [3.8, 4) is 5.75 Å². The summed E-state index contributed by atoms with van der Waals surface area (Å²) in [6, 6.07) is 3.49. The number of carbonyl (C=O) groups excluding carboxylic acids is 2. The Morgan fingerprint density at radius 3 is 2.67 bits per heavy atom. The average Bonchev–Trinajstić information content (AvgIpc) is 2.82. The standard InChI is InChI=1S/C15H17NO4S/c1-4-10(17)16-14-11(15(19)20-5-2)9-7-6-8(3)12(18)13(9)21-14/h6-7,18H,4-5H2,1-3H3,(H,16,17). The van der Waals surface area contributed by atoms with Crippen LogP contribution in [0.3, 0.4) is 0 Å². The molecule has 1 amide bonds. The number of fused-ring (bicyclic) bond motifs is 1. The summed E-state index contributed by atoms with van der Waals surface area (Å²) in [5.41, 5.74) is 1.02. The summed E-state index contributed by atoms with van der Waals surface area (Å²) in [6.45, 7) is 5.48. The van der Waals surface area contributed by atoms with E-state index in [-0.39, 0.29) is 18.3 Å². The molecule has 0 bridgehead atoms. The van der Waals surface area contributed by atoms with Gasteiger partial charge in [-0.05, 0) is 19.4 Å². The van der Waals surface area contributed by atoms with Gasteiger partial charge >= 0.3 is 5.97 Å². The maximum Gasteiger partial charge on any atom is 0.341 e. The highest BCUT2D eigenvalue weighted by molar-refractivity contribution is 7.23. The second-order valence-corrected chi connectivity index (χ2v) is 5.56. The number of amides is 1. The SMILES string of the molecule is CCOC(=O)c1c(NC(=O)CC)sc2c(O)c(C)ccc12. The summed E-state index contributed by atoms with van der Waals surface area (Å²) in [5.74, 6) is -0.568. The number of ether oxygens (including phenoxy) is 1. The predicted octanol–water partition coefficient (Wildman–Crippen LogP) is 3.44. The summed E-state index contributed by atoms with van der Waals surface area (Å²) in [5, 5.41) is 13.9. The highest BCUT2D eigenvalue weighted by Gasteiger charge is 2.23. The van der Waals surface area contributed by atoms with Crippen molar-refractivity contribution in [1.82, 2.24) is 0 Å². The highest BCUT2D eigenvalue weighted by atomic mass is 32.1. The van der Waals surface area contributed by atoms with Crippen LogP contribution < -0.4 is 5.32 Å². The van der Waals surface area contributed by atoms with Crippen LogP contribution in [0.2, 0.25) is 0 Å². The van der Waals surface area contributed by atoms with Crippen molar-refractivity contribution >= 4 is 38.3 Å². The van der Waals surface area contributed by atoms with E-state index in [2.05, 4.69) is 5.32 Å². The average molecular weight is 307 g/mol. The molecule has 2 rings (SSSR count). The normalized spacial score (nSPS) is 10.6. The maximum atomic E-state index is 12.2. The number of hydrogen-bond donors (Lipinski definition) is 2. The molecule has 0 aliphatic rings. The summed E-state index contributed by atoms with van der Waals surface area (Å²) in [6.07, 6.45) is 0.307. The number of benzene rings is 1. The number of aromatic hydroxyl groups is 1. The van der Waals surface area contributed by atoms with Crippen LogP contribution in [0.5, 0.6) is 5.75 Å². The minimum Gasteiger partial charge on any atom is -0.506 e. The van der Waals surface area contributed by atoms with Gasteiger partial charge in [0.15, 0.2) is 0 Å². The second kappa shape index (κ2) is 6.13. The van der Waals surface area contributed by atoms with Crippen LogP contribution in [0.15, 0.2) is 12.1 Å². The molecule has 1 aromatic heterocycles. The van der Waals surface area contributed by atoms with E-state index < -0.39 is 5.97 Å². The Balaban J connectivity index is 2.64. The molecule has 0 fully saturated rings. The van der Waals surface area contributed by atoms with E-state index in [9.17, 15) is 14.7 Å². The van der Waals surface area contributed by atoms with Crippen molar-refractivity contribution in [3.63, 3.8) is 0 Å². The number of carbonyl (C=O) groups is 2. The van der Waals surface area contributed by atoms with Gasteiger partial charge in [-0.2, -0.15) is 0 Å². The van der Waals surface area contributed by atoms with Crippen LogP contribution in [0.4, 0.5) is 5.00 Å². The third-order valence-corrected chi connectivity index (χ3v) is 4.22. The molecule has 0 radical (unpaired) electrons. The molecule has 0 unspecified atom stereocenters. The van der Waals surface area contributed by atoms with Gasteiger partial charge in [-0.1, -0.05) is 19.1 Å². The van der Waals surface area contributed by atoms with Crippen molar-refractivity contribution in [2.45, 2.75) is 27.2 Å². The van der Waals surface area contributed by atoms with Crippen LogP contribution >= 0.6 is 11.3 Å². The zero-order valence-corrected chi connectivity index (χ0v) is 13.0. The second-order valence-electron chi connectivity index (χ2n) is 4.54. The van der Waals surface area contributed by atoms with Gasteiger partial charge in [-0.25, -0.2) is 4.79 Å². The Kier molecular flexibility index (Phi) is 4.47. The molecule has 0 aliphatic carbocycles. The van der Waals surface area contributed by atoms with Crippen molar-refractivity contribution in [2.24, 2.45) is 0 Å². The number of nitrogens with one attached hydrogen (secondary N) is 1. The number of phenolic OH excluding ortho intramolecular Hbond substituents is 1. The molecule has 0 aliphatic heterocycles. The fourth-order valence-corrected chi connectivity index (χ4v) is 3.16. The van der Waals surface area contributed by atoms with E-state index >= 15 is 0 Å². The number of aryl methyl sites for hydroxylation is 1. The molecule has 2 N–H and O–H groups in total. The van der Waals surface area contributed by atoms with Gasteiger partial charge in [-0.3, -0.25) is 4.79 Å². The van der Waals surface area contributed by atoms with Crippen LogP contribution in [0, 0.1) is 6.92 Å². The molecule has 0 atom stereocenters. The van der Waals surface area contributed by atoms with Crippen LogP contribution in [-0.2, 0) is 9.53 Å². The monoisotopic (exact) mass is 307 g/mol. The molecule has 112 valence electrons. The summed E-state index contributed by atoms with van der Waals surface area (Å²) in [7, 11) is 0. The van der Waals surface area contributed by atoms with Crippen molar-refractivity contribution < 1.29 is 19.4 Å². The van der Waals surface area contributed by atoms with E-state index in [1.54, 1.807) is 32.9 Å². The molecule has 0 spiro atoms. The van der Waals surface area contributed by atoms with Gasteiger partial charge in [0.2, 0.25) is 5.91 Å². The molecule has 0 saturated carbocycles. The van der Waals surface area contributed by atoms with Gasteiger partial charge in [0, 0.05) is 11.8 Å². The fourth-order valence-electron chi connectivity index (χ4n) is 1.95. The van der Waals surface area contributed by atoms with Crippen LogP contribution in [0.25, 0.3) is 10.1 Å². The van der Waals surface area contributed by atoms with Gasteiger partial charge in [0.25, 0.3) is 0 Å². The van der Waals surface area contributed by atoms with Crippen molar-refractivity contribution in [2.75, 3.05) is 11.9 Å². The predicted molar refractivity (Wildman–Crippen MR) is 83.1 cm³/mol. The Morgan fingerprint density at radius 1 is 1.33 bits per heavy atom. The number of hydrogen-bond acceptors (Lipinski definition) is 5. The van der Waals surface area contributed by atoms with Crippen LogP contribution in [-0.4, -0.2) is 23.6 Å². The largest absolute Gasteiger partial charge is 0.506 e. The molecular weight excluding hydrogens is 290 g/mol. The topological polar surface area (TPSA) is 75.6 Å². The van der Waals surface area contributed by atoms with E-state index in [1.807, 2.05) is 0 Å². The van der Waals surface area contributed by atoms with E-state index in [0.717, 1.165) is 0 Å². The minimum absolute atomic E-state index is 0.125. The van der Waals surface area contributed by atoms with E-state index in [1.165, 1.54) is 11.3 Å². The molecule has 1 aromatic carbocycles. The molecule has 21 heavy (non-hydrogen) atoms. The quantitative estimate of drug-likeness (QED) is 0.848. The molecule has 2 aromatic rings. The third kappa shape index (κ3) is 2.85. The Morgan fingerprint density at radius 2 is 2.05 bits per heavy atom. The first-order valence-corrected chi connectivity index (χ1v) is 7.53. The van der Waals surface area contributed by atoms with Gasteiger partial charge in [0.1, 0.15) is 16.3 Å². The number of phenols is 1. The summed E-state index contributed by atoms with van der Waals surface area (Å²) < 4.78 is 5.63. The van der Waals surface area contributed by atoms with Crippen LogP contribution in [0.1, 0.15) is 36.2 Å². The number of esters is 1. The Hall–Kier alpha value is -2.08. The Bertz CT molecular complexity index is 705. The first-order chi connectivity index (χ1) is 9.99. The number of anilines is 1. The molecule has 0 saturated heterocycles. The maximum absolute atomic E-state index is 12.2. The minimum atomic E-state index is -0.501. The van der Waals surface area contributed by atoms with Gasteiger partial charge in [-0.15, -0.1) is 11.3 Å². The molecule has 1 heterocycles. The van der Waals surface area contributed by atoms with Gasteiger partial charge in [0.05, 0.1) is 11.3 Å². The smallest absolute Gasteiger partial charge is 0.341 e. The first kappa shape index (κ1) is 15.3. The lowest BCUT2D eigenvalue weighted by Gasteiger charge is -2.05. The summed E-state index contributed by atoms with van der Waals surface area (Å²) >= 11 is 1.18. The fraction of sp³-hybridized carbons (Fsp3) is 0.333. The first-order valence-electron chi connectivity index (χ1n) is 6.71. The number of thiophene rings is 1. The van der Waals surface area contributed by atoms with E-state index in [0.29, 0.717) is 32.6 Å². The van der Waals surface area contributed by atoms with Gasteiger partial charge < -0.3 is 15.2 Å². The van der Waals surface area contributed by atoms with E-state index in [4.69, 9.17) is 4.74 Å². The van der Waals surface area contributed by atoms with Crippen molar-refractivity contribution in [3.05, 3.63) is 23.3 Å². The molecular formula is C15H17NO4S. The Labute approximate surface area is 126 Å². The number of rotatable bonds is 4. The molecule has 6 heteroatoms. The third-order valence-electron chi connectivity index (χ3n) is 3.09. The lowest BCUT2D eigenvalue weighted by Crippen LogP contribution is -2.12. The lowest BCUT2D eigenvalue weighted by molar-refractivity contribution is -0.115. The van der Waals surface area contributed by atoms with Crippen molar-refractivity contribution in [1.29, 1.82) is 0 Å². The highest BCUT2D eigenvalue weighted by Crippen LogP contribution is 2.42. The zero-order valence-electron chi connectivity index (χ0n) is 12.1. The zero-order chi connectivity index (χ0) is 15.6. The lowest BCUT2D eigenvalue weighted by atomic mass is 10.1.